The zero-order chi connectivity index (χ0) is 29.1. The molecule has 2 atom stereocenters. The molecule has 2 heteroatoms. The number of hydrogen-bond acceptors (Lipinski definition) is 2. The molecule has 0 saturated heterocycles. The molecule has 0 aromatic heterocycles. The van der Waals surface area contributed by atoms with Crippen LogP contribution >= 0.6 is 0 Å². The lowest BCUT2D eigenvalue weighted by Crippen LogP contribution is -2.24. The van der Waals surface area contributed by atoms with Gasteiger partial charge in [0.05, 0.1) is 0 Å². The Morgan fingerprint density at radius 2 is 1.00 bits per heavy atom. The molecule has 3 aromatic rings. The standard InChI is InChI=1S/C16H17N.C12H15N.4C2H6/c1-12-7-3-5-9-15(12)17-13(2)11-14-8-4-6-10-16(14)17;1-10-6-3-4-8-12(10)13-9-5-7-11(13)2;4*1-2/h3-10,13H,11H2,1-2H3;3-6,8-9,11H,7H2,1-2H3;4*1-2H3/t13-;11-;;;;/m00..../s1. The molecule has 2 aliphatic heterocycles. The first-order valence-corrected chi connectivity index (χ1v) is 15.0. The molecule has 0 fully saturated rings. The Bertz CT molecular complexity index is 1040. The van der Waals surface area contributed by atoms with Crippen LogP contribution < -0.4 is 9.80 Å². The SMILES string of the molecule is CC.CC.CC.CC.Cc1ccccc1N1C=CC[C@@H]1C.Cc1ccccc1N1c2ccccc2C[C@@H]1C. The van der Waals surface area contributed by atoms with E-state index in [1.807, 2.05) is 55.4 Å². The smallest absolute Gasteiger partial charge is 0.0446 e. The van der Waals surface area contributed by atoms with Crippen molar-refractivity contribution in [3.05, 3.63) is 102 Å². The molecule has 2 nitrogen and oxygen atoms in total. The van der Waals surface area contributed by atoms with E-state index in [4.69, 9.17) is 0 Å². The van der Waals surface area contributed by atoms with Crippen molar-refractivity contribution < 1.29 is 0 Å². The fraction of sp³-hybridized carbons (Fsp3) is 0.444. The largest absolute Gasteiger partial charge is 0.345 e. The van der Waals surface area contributed by atoms with Crippen LogP contribution in [-0.2, 0) is 6.42 Å². The summed E-state index contributed by atoms with van der Waals surface area (Å²) in [5.41, 5.74) is 8.20. The van der Waals surface area contributed by atoms with Crippen LogP contribution in [0.5, 0.6) is 0 Å². The van der Waals surface area contributed by atoms with E-state index >= 15 is 0 Å². The molecule has 2 aliphatic rings. The van der Waals surface area contributed by atoms with Gasteiger partial charge in [-0.3, -0.25) is 0 Å². The second-order valence-corrected chi connectivity index (χ2v) is 8.50. The summed E-state index contributed by atoms with van der Waals surface area (Å²) in [6, 6.07) is 27.0. The van der Waals surface area contributed by atoms with Crippen molar-refractivity contribution in [1.82, 2.24) is 0 Å². The molecule has 0 N–H and O–H groups in total. The van der Waals surface area contributed by atoms with Crippen molar-refractivity contribution >= 4 is 17.1 Å². The lowest BCUT2D eigenvalue weighted by atomic mass is 10.1. The molecule has 0 bridgehead atoms. The van der Waals surface area contributed by atoms with E-state index in [9.17, 15) is 0 Å². The number of aryl methyl sites for hydroxylation is 2. The minimum absolute atomic E-state index is 0.550. The van der Waals surface area contributed by atoms with Crippen LogP contribution in [0, 0.1) is 13.8 Å². The van der Waals surface area contributed by atoms with Gasteiger partial charge in [-0.25, -0.2) is 0 Å². The highest BCUT2D eigenvalue weighted by atomic mass is 15.2. The molecule has 210 valence electrons. The number of benzene rings is 3. The van der Waals surface area contributed by atoms with Crippen LogP contribution in [0.15, 0.2) is 85.1 Å². The number of para-hydroxylation sites is 3. The van der Waals surface area contributed by atoms with E-state index in [2.05, 4.69) is 123 Å². The van der Waals surface area contributed by atoms with E-state index in [1.165, 1.54) is 33.8 Å². The van der Waals surface area contributed by atoms with Gasteiger partial charge in [-0.2, -0.15) is 0 Å². The van der Waals surface area contributed by atoms with Gasteiger partial charge in [0.1, 0.15) is 0 Å². The zero-order valence-corrected chi connectivity index (χ0v) is 26.5. The quantitative estimate of drug-likeness (QED) is 0.334. The van der Waals surface area contributed by atoms with Crippen LogP contribution in [0.3, 0.4) is 0 Å². The van der Waals surface area contributed by atoms with Crippen LogP contribution in [-0.4, -0.2) is 12.1 Å². The van der Waals surface area contributed by atoms with Gasteiger partial charge in [-0.1, -0.05) is 116 Å². The van der Waals surface area contributed by atoms with Crippen LogP contribution in [0.2, 0.25) is 0 Å². The minimum Gasteiger partial charge on any atom is -0.345 e. The Morgan fingerprint density at radius 1 is 0.553 bits per heavy atom. The first kappa shape index (κ1) is 35.0. The lowest BCUT2D eigenvalue weighted by Gasteiger charge is -2.26. The molecule has 38 heavy (non-hydrogen) atoms. The lowest BCUT2D eigenvalue weighted by molar-refractivity contribution is 0.757. The van der Waals surface area contributed by atoms with Gasteiger partial charge in [-0.05, 0) is 75.4 Å². The molecular formula is C36H56N2. The Hall–Kier alpha value is -3.00. The number of rotatable bonds is 2. The van der Waals surface area contributed by atoms with Crippen molar-refractivity contribution in [1.29, 1.82) is 0 Å². The molecule has 0 radical (unpaired) electrons. The first-order chi connectivity index (χ1) is 18.6. The summed E-state index contributed by atoms with van der Waals surface area (Å²) in [5.74, 6) is 0. The third-order valence-corrected chi connectivity index (χ3v) is 6.19. The van der Waals surface area contributed by atoms with Crippen molar-refractivity contribution in [2.45, 2.75) is 108 Å². The third-order valence-electron chi connectivity index (χ3n) is 6.19. The zero-order valence-electron chi connectivity index (χ0n) is 26.5. The van der Waals surface area contributed by atoms with E-state index in [-0.39, 0.29) is 0 Å². The Kier molecular flexibility index (Phi) is 18.4. The summed E-state index contributed by atoms with van der Waals surface area (Å²) in [5, 5.41) is 0. The molecular weight excluding hydrogens is 460 g/mol. The second-order valence-electron chi connectivity index (χ2n) is 8.50. The maximum Gasteiger partial charge on any atom is 0.0446 e. The monoisotopic (exact) mass is 516 g/mol. The normalized spacial score (nSPS) is 16.0. The third kappa shape index (κ3) is 9.39. The topological polar surface area (TPSA) is 6.48 Å². The van der Waals surface area contributed by atoms with E-state index in [0.717, 1.165) is 12.8 Å². The molecule has 0 aliphatic carbocycles. The van der Waals surface area contributed by atoms with Crippen LogP contribution in [0.4, 0.5) is 17.1 Å². The molecule has 0 amide bonds. The van der Waals surface area contributed by atoms with Gasteiger partial charge in [-0.15, -0.1) is 0 Å². The number of nitrogens with zero attached hydrogens (tertiary/aromatic N) is 2. The molecule has 2 heterocycles. The molecule has 0 spiro atoms. The fourth-order valence-corrected chi connectivity index (χ4v) is 4.57. The number of anilines is 3. The van der Waals surface area contributed by atoms with Gasteiger partial charge in [0.15, 0.2) is 0 Å². The Labute approximate surface area is 236 Å². The predicted molar refractivity (Wildman–Crippen MR) is 175 cm³/mol. The highest BCUT2D eigenvalue weighted by Gasteiger charge is 2.27. The summed E-state index contributed by atoms with van der Waals surface area (Å²) in [6.45, 7) is 24.9. The highest BCUT2D eigenvalue weighted by Crippen LogP contribution is 2.39. The van der Waals surface area contributed by atoms with Gasteiger partial charge in [0, 0.05) is 35.3 Å². The number of fused-ring (bicyclic) bond motifs is 1. The average Bonchev–Trinajstić information content (AvgIpc) is 3.56. The van der Waals surface area contributed by atoms with Crippen molar-refractivity contribution in [2.75, 3.05) is 9.80 Å². The first-order valence-electron chi connectivity index (χ1n) is 15.0. The average molecular weight is 517 g/mol. The van der Waals surface area contributed by atoms with E-state index in [0.29, 0.717) is 12.1 Å². The van der Waals surface area contributed by atoms with Gasteiger partial charge in [0.25, 0.3) is 0 Å². The maximum absolute atomic E-state index is 2.46. The molecule has 5 rings (SSSR count). The van der Waals surface area contributed by atoms with Crippen molar-refractivity contribution in [3.63, 3.8) is 0 Å². The van der Waals surface area contributed by atoms with Crippen LogP contribution in [0.25, 0.3) is 0 Å². The molecule has 0 saturated carbocycles. The Balaban J connectivity index is 0.000000583. The van der Waals surface area contributed by atoms with Gasteiger partial charge >= 0.3 is 0 Å². The summed E-state index contributed by atoms with van der Waals surface area (Å²) < 4.78 is 0. The summed E-state index contributed by atoms with van der Waals surface area (Å²) in [4.78, 5) is 4.81. The van der Waals surface area contributed by atoms with E-state index in [1.54, 1.807) is 0 Å². The molecule has 3 aromatic carbocycles. The van der Waals surface area contributed by atoms with Crippen LogP contribution in [0.1, 0.15) is 92.3 Å². The van der Waals surface area contributed by atoms with E-state index < -0.39 is 0 Å². The number of hydrogen-bond donors (Lipinski definition) is 0. The molecule has 0 unspecified atom stereocenters. The van der Waals surface area contributed by atoms with Crippen molar-refractivity contribution in [3.8, 4) is 0 Å². The fourth-order valence-electron chi connectivity index (χ4n) is 4.57. The van der Waals surface area contributed by atoms with Gasteiger partial charge < -0.3 is 9.80 Å². The minimum atomic E-state index is 0.550. The van der Waals surface area contributed by atoms with Gasteiger partial charge in [0.2, 0.25) is 0 Å². The second kappa shape index (κ2) is 20.0. The predicted octanol–water partition coefficient (Wildman–Crippen LogP) is 11.3. The maximum atomic E-state index is 2.46. The summed E-state index contributed by atoms with van der Waals surface area (Å²) in [6.07, 6.45) is 6.73. The summed E-state index contributed by atoms with van der Waals surface area (Å²) in [7, 11) is 0. The summed E-state index contributed by atoms with van der Waals surface area (Å²) >= 11 is 0. The highest BCUT2D eigenvalue weighted by molar-refractivity contribution is 5.72. The van der Waals surface area contributed by atoms with Crippen molar-refractivity contribution in [2.24, 2.45) is 0 Å². The Morgan fingerprint density at radius 3 is 1.47 bits per heavy atom.